The van der Waals surface area contributed by atoms with E-state index < -0.39 is 0 Å². The largest absolute Gasteiger partial charge is 0.349 e. The Balaban J connectivity index is 1.63. The van der Waals surface area contributed by atoms with Crippen LogP contribution < -0.4 is 5.32 Å². The number of nitrogens with one attached hydrogen (secondary N) is 1. The normalized spacial score (nSPS) is 33.9. The van der Waals surface area contributed by atoms with Crippen LogP contribution in [0.5, 0.6) is 0 Å². The van der Waals surface area contributed by atoms with Crippen molar-refractivity contribution in [3.05, 3.63) is 12.7 Å². The lowest BCUT2D eigenvalue weighted by Gasteiger charge is -2.48. The zero-order chi connectivity index (χ0) is 15.4. The summed E-state index contributed by atoms with van der Waals surface area (Å²) in [6.45, 7) is 5.91. The number of piperidine rings is 1. The van der Waals surface area contributed by atoms with Crippen molar-refractivity contribution in [3.8, 4) is 0 Å². The lowest BCUT2D eigenvalue weighted by atomic mass is 9.76. The first-order chi connectivity index (χ1) is 10.8. The van der Waals surface area contributed by atoms with Crippen LogP contribution in [-0.2, 0) is 4.79 Å². The first-order valence-electron chi connectivity index (χ1n) is 9.43. The summed E-state index contributed by atoms with van der Waals surface area (Å²) in [5, 5.41) is 3.17. The Morgan fingerprint density at radius 3 is 2.59 bits per heavy atom. The molecule has 22 heavy (non-hydrogen) atoms. The summed E-state index contributed by atoms with van der Waals surface area (Å²) >= 11 is 0. The zero-order valence-electron chi connectivity index (χ0n) is 13.9. The van der Waals surface area contributed by atoms with Crippen LogP contribution in [0.3, 0.4) is 0 Å². The molecule has 0 aromatic rings. The van der Waals surface area contributed by atoms with Crippen LogP contribution in [0.4, 0.5) is 0 Å². The van der Waals surface area contributed by atoms with Gasteiger partial charge in [0.15, 0.2) is 0 Å². The molecule has 3 heteroatoms. The van der Waals surface area contributed by atoms with E-state index in [2.05, 4.69) is 16.8 Å². The maximum absolute atomic E-state index is 11.7. The number of carbonyl (C=O) groups is 1. The summed E-state index contributed by atoms with van der Waals surface area (Å²) in [6, 6.07) is 1.11. The van der Waals surface area contributed by atoms with E-state index in [0.717, 1.165) is 24.4 Å². The fourth-order valence-electron chi connectivity index (χ4n) is 5.08. The van der Waals surface area contributed by atoms with Gasteiger partial charge in [-0.15, -0.1) is 0 Å². The van der Waals surface area contributed by atoms with Crippen molar-refractivity contribution in [3.63, 3.8) is 0 Å². The summed E-state index contributed by atoms with van der Waals surface area (Å²) in [6.07, 6.45) is 15.2. The molecular weight excluding hydrogens is 272 g/mol. The van der Waals surface area contributed by atoms with Crippen molar-refractivity contribution in [2.75, 3.05) is 13.1 Å². The molecule has 1 N–H and O–H groups in total. The molecule has 2 saturated carbocycles. The average molecular weight is 304 g/mol. The van der Waals surface area contributed by atoms with E-state index >= 15 is 0 Å². The van der Waals surface area contributed by atoms with Gasteiger partial charge in [-0.25, -0.2) is 0 Å². The van der Waals surface area contributed by atoms with Crippen LogP contribution in [0.2, 0.25) is 0 Å². The molecular formula is C19H32N2O. The van der Waals surface area contributed by atoms with E-state index in [4.69, 9.17) is 0 Å². The number of nitrogens with zero attached hydrogens (tertiary/aromatic N) is 1. The molecule has 0 spiro atoms. The Labute approximate surface area is 135 Å². The lowest BCUT2D eigenvalue weighted by Crippen LogP contribution is -2.57. The maximum atomic E-state index is 11.7. The Kier molecular flexibility index (Phi) is 5.56. The van der Waals surface area contributed by atoms with E-state index in [1.807, 2.05) is 0 Å². The molecule has 1 saturated heterocycles. The van der Waals surface area contributed by atoms with Gasteiger partial charge in [-0.3, -0.25) is 9.69 Å². The topological polar surface area (TPSA) is 32.3 Å². The minimum Gasteiger partial charge on any atom is -0.349 e. The van der Waals surface area contributed by atoms with Crippen LogP contribution >= 0.6 is 0 Å². The first-order valence-corrected chi connectivity index (χ1v) is 9.43. The quantitative estimate of drug-likeness (QED) is 0.806. The van der Waals surface area contributed by atoms with E-state index in [1.54, 1.807) is 0 Å². The predicted molar refractivity (Wildman–Crippen MR) is 90.6 cm³/mol. The number of hydrogen-bond acceptors (Lipinski definition) is 2. The van der Waals surface area contributed by atoms with Crippen LogP contribution in [0.25, 0.3) is 0 Å². The summed E-state index contributed by atoms with van der Waals surface area (Å²) in [5.41, 5.74) is 0. The fraction of sp³-hybridized carbons (Fsp3) is 0.842. The van der Waals surface area contributed by atoms with E-state index in [-0.39, 0.29) is 5.91 Å². The Bertz CT molecular complexity index is 389. The SMILES string of the molecule is C=CC(=O)NC1CC2CCCCC2N(CC2CCCCC2)C1. The molecule has 3 nitrogen and oxygen atoms in total. The second kappa shape index (κ2) is 7.63. The van der Waals surface area contributed by atoms with Gasteiger partial charge in [-0.2, -0.15) is 0 Å². The second-order valence-electron chi connectivity index (χ2n) is 7.72. The highest BCUT2D eigenvalue weighted by Gasteiger charge is 2.38. The molecule has 3 aliphatic rings. The highest BCUT2D eigenvalue weighted by Crippen LogP contribution is 2.37. The number of fused-ring (bicyclic) bond motifs is 1. The van der Waals surface area contributed by atoms with Crippen molar-refractivity contribution < 1.29 is 4.79 Å². The van der Waals surface area contributed by atoms with Gasteiger partial charge in [0.05, 0.1) is 0 Å². The van der Waals surface area contributed by atoms with Gasteiger partial charge in [0.1, 0.15) is 0 Å². The van der Waals surface area contributed by atoms with Gasteiger partial charge in [0.2, 0.25) is 5.91 Å². The molecule has 2 aliphatic carbocycles. The highest BCUT2D eigenvalue weighted by molar-refractivity contribution is 5.87. The summed E-state index contributed by atoms with van der Waals surface area (Å²) < 4.78 is 0. The zero-order valence-corrected chi connectivity index (χ0v) is 13.9. The molecule has 3 unspecified atom stereocenters. The fourth-order valence-corrected chi connectivity index (χ4v) is 5.08. The third-order valence-corrected chi connectivity index (χ3v) is 6.13. The van der Waals surface area contributed by atoms with Crippen LogP contribution in [0.15, 0.2) is 12.7 Å². The molecule has 3 atom stereocenters. The lowest BCUT2D eigenvalue weighted by molar-refractivity contribution is -0.118. The Hall–Kier alpha value is -0.830. The van der Waals surface area contributed by atoms with Crippen molar-refractivity contribution in [1.82, 2.24) is 10.2 Å². The Morgan fingerprint density at radius 1 is 1.09 bits per heavy atom. The van der Waals surface area contributed by atoms with Crippen molar-refractivity contribution >= 4 is 5.91 Å². The van der Waals surface area contributed by atoms with Crippen molar-refractivity contribution in [2.24, 2.45) is 11.8 Å². The number of carbonyl (C=O) groups excluding carboxylic acids is 1. The smallest absolute Gasteiger partial charge is 0.243 e. The molecule has 1 heterocycles. The van der Waals surface area contributed by atoms with Gasteiger partial charge in [-0.1, -0.05) is 38.7 Å². The van der Waals surface area contributed by atoms with Gasteiger partial charge >= 0.3 is 0 Å². The van der Waals surface area contributed by atoms with Gasteiger partial charge in [-0.05, 0) is 50.0 Å². The molecule has 124 valence electrons. The molecule has 3 fully saturated rings. The van der Waals surface area contributed by atoms with Crippen LogP contribution in [-0.4, -0.2) is 36.0 Å². The maximum Gasteiger partial charge on any atom is 0.243 e. The summed E-state index contributed by atoms with van der Waals surface area (Å²) in [4.78, 5) is 14.4. The van der Waals surface area contributed by atoms with Crippen molar-refractivity contribution in [2.45, 2.75) is 76.3 Å². The van der Waals surface area contributed by atoms with Crippen LogP contribution in [0, 0.1) is 11.8 Å². The molecule has 0 radical (unpaired) electrons. The van der Waals surface area contributed by atoms with Crippen LogP contribution in [0.1, 0.15) is 64.2 Å². The van der Waals surface area contributed by atoms with Gasteiger partial charge < -0.3 is 5.32 Å². The molecule has 0 bridgehead atoms. The average Bonchev–Trinajstić information content (AvgIpc) is 2.55. The molecule has 0 aromatic carbocycles. The molecule has 0 aromatic heterocycles. The van der Waals surface area contributed by atoms with E-state index in [0.29, 0.717) is 6.04 Å². The van der Waals surface area contributed by atoms with E-state index in [1.165, 1.54) is 76.8 Å². The number of amides is 1. The number of rotatable bonds is 4. The van der Waals surface area contributed by atoms with Crippen molar-refractivity contribution in [1.29, 1.82) is 0 Å². The molecule has 1 aliphatic heterocycles. The first kappa shape index (κ1) is 16.0. The second-order valence-corrected chi connectivity index (χ2v) is 7.72. The number of hydrogen-bond donors (Lipinski definition) is 1. The number of likely N-dealkylation sites (tertiary alicyclic amines) is 1. The predicted octanol–water partition coefficient (Wildman–Crippen LogP) is 3.50. The molecule has 1 amide bonds. The third kappa shape index (κ3) is 3.92. The Morgan fingerprint density at radius 2 is 1.82 bits per heavy atom. The monoisotopic (exact) mass is 304 g/mol. The summed E-state index contributed by atoms with van der Waals surface area (Å²) in [5.74, 6) is 1.68. The van der Waals surface area contributed by atoms with Gasteiger partial charge in [0, 0.05) is 25.2 Å². The summed E-state index contributed by atoms with van der Waals surface area (Å²) in [7, 11) is 0. The van der Waals surface area contributed by atoms with E-state index in [9.17, 15) is 4.79 Å². The highest BCUT2D eigenvalue weighted by atomic mass is 16.1. The molecule has 3 rings (SSSR count). The van der Waals surface area contributed by atoms with Gasteiger partial charge in [0.25, 0.3) is 0 Å². The third-order valence-electron chi connectivity index (χ3n) is 6.13. The minimum absolute atomic E-state index is 0.00289. The standard InChI is InChI=1S/C19H32N2O/c1-2-19(22)20-17-12-16-10-6-7-11-18(16)21(14-17)13-15-8-4-3-5-9-15/h2,15-18H,1,3-14H2,(H,20,22). The minimum atomic E-state index is -0.00289.